The Morgan fingerprint density at radius 1 is 1.40 bits per heavy atom. The van der Waals surface area contributed by atoms with Crippen LogP contribution in [-0.4, -0.2) is 15.0 Å². The molecule has 1 aromatic heterocycles. The first-order chi connectivity index (χ1) is 9.49. The number of aromatic nitrogens is 1. The molecule has 0 aliphatic carbocycles. The number of nitro groups is 1. The van der Waals surface area contributed by atoms with Gasteiger partial charge in [-0.1, -0.05) is 6.07 Å². The fourth-order valence-electron chi connectivity index (χ4n) is 1.92. The van der Waals surface area contributed by atoms with Crippen LogP contribution in [0.4, 0.5) is 5.69 Å². The Kier molecular flexibility index (Phi) is 4.24. The van der Waals surface area contributed by atoms with E-state index in [2.05, 4.69) is 4.98 Å². The largest absolute Gasteiger partial charge is 0.508 e. The lowest BCUT2D eigenvalue weighted by Gasteiger charge is -2.07. The molecule has 5 nitrogen and oxygen atoms in total. The molecule has 0 saturated carbocycles. The smallest absolute Gasteiger partial charge is 0.278 e. The Bertz CT molecular complexity index is 659. The third-order valence-electron chi connectivity index (χ3n) is 2.95. The third-order valence-corrected chi connectivity index (χ3v) is 3.96. The van der Waals surface area contributed by atoms with Crippen LogP contribution in [0.5, 0.6) is 5.75 Å². The van der Waals surface area contributed by atoms with Crippen molar-refractivity contribution in [1.82, 2.24) is 4.98 Å². The van der Waals surface area contributed by atoms with Crippen LogP contribution in [0.2, 0.25) is 0 Å². The molecule has 6 heteroatoms. The van der Waals surface area contributed by atoms with Crippen LogP contribution >= 0.6 is 11.8 Å². The van der Waals surface area contributed by atoms with Gasteiger partial charge < -0.3 is 5.11 Å². The summed E-state index contributed by atoms with van der Waals surface area (Å²) >= 11 is 1.48. The van der Waals surface area contributed by atoms with E-state index in [1.54, 1.807) is 32.0 Å². The highest BCUT2D eigenvalue weighted by atomic mass is 32.2. The molecule has 0 saturated heterocycles. The summed E-state index contributed by atoms with van der Waals surface area (Å²) in [5, 5.41) is 20.5. The molecule has 0 bridgehead atoms. The van der Waals surface area contributed by atoms with Gasteiger partial charge >= 0.3 is 0 Å². The van der Waals surface area contributed by atoms with E-state index in [0.717, 1.165) is 4.90 Å². The van der Waals surface area contributed by atoms with Gasteiger partial charge in [-0.05, 0) is 32.0 Å². The van der Waals surface area contributed by atoms with E-state index in [4.69, 9.17) is 0 Å². The normalized spacial score (nSPS) is 10.5. The summed E-state index contributed by atoms with van der Waals surface area (Å²) in [4.78, 5) is 15.9. The molecule has 0 spiro atoms. The number of hydrogen-bond acceptors (Lipinski definition) is 5. The second-order valence-electron chi connectivity index (χ2n) is 4.40. The van der Waals surface area contributed by atoms with Gasteiger partial charge in [-0.2, -0.15) is 0 Å². The third kappa shape index (κ3) is 3.08. The zero-order valence-corrected chi connectivity index (χ0v) is 12.0. The zero-order chi connectivity index (χ0) is 14.7. The van der Waals surface area contributed by atoms with Gasteiger partial charge in [0, 0.05) is 28.0 Å². The van der Waals surface area contributed by atoms with Gasteiger partial charge in [-0.15, -0.1) is 11.8 Å². The first-order valence-corrected chi connectivity index (χ1v) is 6.99. The molecule has 1 N–H and O–H groups in total. The molecule has 2 aromatic rings. The van der Waals surface area contributed by atoms with Gasteiger partial charge in [0.05, 0.1) is 10.6 Å². The van der Waals surface area contributed by atoms with E-state index < -0.39 is 0 Å². The number of hydrogen-bond donors (Lipinski definition) is 1. The molecule has 20 heavy (non-hydrogen) atoms. The summed E-state index contributed by atoms with van der Waals surface area (Å²) in [5.41, 5.74) is 1.99. The van der Waals surface area contributed by atoms with Gasteiger partial charge in [0.25, 0.3) is 5.69 Å². The van der Waals surface area contributed by atoms with Crippen molar-refractivity contribution in [2.75, 3.05) is 0 Å². The number of nitrogens with zero attached hydrogens (tertiary/aromatic N) is 2. The van der Waals surface area contributed by atoms with E-state index in [1.807, 2.05) is 6.07 Å². The first kappa shape index (κ1) is 14.3. The van der Waals surface area contributed by atoms with Crippen LogP contribution in [0.3, 0.4) is 0 Å². The lowest BCUT2D eigenvalue weighted by atomic mass is 10.1. The Morgan fingerprint density at radius 3 is 2.80 bits per heavy atom. The van der Waals surface area contributed by atoms with Crippen LogP contribution in [0.15, 0.2) is 35.4 Å². The molecule has 0 atom stereocenters. The molecular formula is C14H14N2O3S. The number of rotatable bonds is 4. The molecule has 0 fully saturated rings. The fourth-order valence-corrected chi connectivity index (χ4v) is 2.89. The van der Waals surface area contributed by atoms with Crippen LogP contribution < -0.4 is 0 Å². The van der Waals surface area contributed by atoms with Crippen molar-refractivity contribution < 1.29 is 10.0 Å². The maximum atomic E-state index is 11.1. The monoisotopic (exact) mass is 290 g/mol. The number of aryl methyl sites for hydroxylation is 1. The number of thioether (sulfide) groups is 1. The lowest BCUT2D eigenvalue weighted by molar-refractivity contribution is -0.386. The minimum atomic E-state index is -0.366. The Hall–Kier alpha value is -2.08. The Labute approximate surface area is 120 Å². The summed E-state index contributed by atoms with van der Waals surface area (Å²) < 4.78 is 0. The van der Waals surface area contributed by atoms with Gasteiger partial charge in [0.15, 0.2) is 0 Å². The average Bonchev–Trinajstić information content (AvgIpc) is 2.37. The Balaban J connectivity index is 2.22. The van der Waals surface area contributed by atoms with Crippen molar-refractivity contribution in [3.63, 3.8) is 0 Å². The van der Waals surface area contributed by atoms with Crippen molar-refractivity contribution in [2.24, 2.45) is 0 Å². The highest BCUT2D eigenvalue weighted by Crippen LogP contribution is 2.30. The minimum Gasteiger partial charge on any atom is -0.508 e. The topological polar surface area (TPSA) is 76.3 Å². The maximum absolute atomic E-state index is 11.1. The molecular weight excluding hydrogens is 276 g/mol. The molecule has 104 valence electrons. The van der Waals surface area contributed by atoms with Crippen molar-refractivity contribution in [3.8, 4) is 5.75 Å². The molecule has 2 rings (SSSR count). The fraction of sp³-hybridized carbons (Fsp3) is 0.214. The zero-order valence-electron chi connectivity index (χ0n) is 11.2. The molecule has 0 radical (unpaired) electrons. The van der Waals surface area contributed by atoms with E-state index in [-0.39, 0.29) is 16.4 Å². The van der Waals surface area contributed by atoms with Crippen LogP contribution in [-0.2, 0) is 5.75 Å². The van der Waals surface area contributed by atoms with E-state index >= 15 is 0 Å². The summed E-state index contributed by atoms with van der Waals surface area (Å²) in [6.07, 6.45) is 1.53. The predicted molar refractivity (Wildman–Crippen MR) is 78.0 cm³/mol. The SMILES string of the molecule is Cc1cnc(CSc2cccc(O)c2)c(C)c1[N+](=O)[O-]. The molecule has 0 amide bonds. The molecule has 0 aliphatic rings. The second kappa shape index (κ2) is 5.92. The summed E-state index contributed by atoms with van der Waals surface area (Å²) in [5.74, 6) is 0.728. The van der Waals surface area contributed by atoms with Crippen molar-refractivity contribution in [3.05, 3.63) is 57.4 Å². The van der Waals surface area contributed by atoms with Crippen LogP contribution in [0.25, 0.3) is 0 Å². The molecule has 1 heterocycles. The summed E-state index contributed by atoms with van der Waals surface area (Å²) in [6, 6.07) is 6.89. The van der Waals surface area contributed by atoms with Crippen molar-refractivity contribution in [2.45, 2.75) is 24.5 Å². The summed E-state index contributed by atoms with van der Waals surface area (Å²) in [6.45, 7) is 3.40. The van der Waals surface area contributed by atoms with Crippen molar-refractivity contribution >= 4 is 17.4 Å². The van der Waals surface area contributed by atoms with E-state index in [1.165, 1.54) is 18.0 Å². The quantitative estimate of drug-likeness (QED) is 0.529. The van der Waals surface area contributed by atoms with E-state index in [0.29, 0.717) is 22.6 Å². The number of aromatic hydroxyl groups is 1. The van der Waals surface area contributed by atoms with Crippen LogP contribution in [0, 0.1) is 24.0 Å². The lowest BCUT2D eigenvalue weighted by Crippen LogP contribution is -2.01. The van der Waals surface area contributed by atoms with Gasteiger partial charge in [-0.25, -0.2) is 0 Å². The highest BCUT2D eigenvalue weighted by Gasteiger charge is 2.18. The second-order valence-corrected chi connectivity index (χ2v) is 5.45. The highest BCUT2D eigenvalue weighted by molar-refractivity contribution is 7.98. The maximum Gasteiger partial charge on any atom is 0.278 e. The average molecular weight is 290 g/mol. The Morgan fingerprint density at radius 2 is 2.15 bits per heavy atom. The number of phenols is 1. The van der Waals surface area contributed by atoms with Gasteiger partial charge in [0.2, 0.25) is 0 Å². The first-order valence-electron chi connectivity index (χ1n) is 6.00. The number of phenolic OH excluding ortho intramolecular Hbond substituents is 1. The number of pyridine rings is 1. The van der Waals surface area contributed by atoms with Crippen LogP contribution in [0.1, 0.15) is 16.8 Å². The molecule has 0 unspecified atom stereocenters. The predicted octanol–water partition coefficient (Wildman–Crippen LogP) is 3.60. The minimum absolute atomic E-state index is 0.131. The standard InChI is InChI=1S/C14H14N2O3S/c1-9-7-15-13(10(2)14(9)16(18)19)8-20-12-5-3-4-11(17)6-12/h3-7,17H,8H2,1-2H3. The van der Waals surface area contributed by atoms with Crippen molar-refractivity contribution in [1.29, 1.82) is 0 Å². The molecule has 0 aliphatic heterocycles. The van der Waals surface area contributed by atoms with Gasteiger partial charge in [0.1, 0.15) is 5.75 Å². The van der Waals surface area contributed by atoms with E-state index in [9.17, 15) is 15.2 Å². The number of benzene rings is 1. The molecule has 1 aromatic carbocycles. The van der Waals surface area contributed by atoms with Gasteiger partial charge in [-0.3, -0.25) is 15.1 Å². The summed E-state index contributed by atoms with van der Waals surface area (Å²) in [7, 11) is 0.